The van der Waals surface area contributed by atoms with Crippen molar-refractivity contribution in [3.05, 3.63) is 55.1 Å². The fourth-order valence-corrected chi connectivity index (χ4v) is 3.41. The van der Waals surface area contributed by atoms with E-state index < -0.39 is 0 Å². The van der Waals surface area contributed by atoms with Crippen LogP contribution in [0, 0.1) is 0 Å². The van der Waals surface area contributed by atoms with Crippen LogP contribution in [-0.4, -0.2) is 9.55 Å². The molecule has 0 saturated carbocycles. The van der Waals surface area contributed by atoms with Crippen LogP contribution < -0.4 is 0 Å². The van der Waals surface area contributed by atoms with Gasteiger partial charge in [0.1, 0.15) is 5.82 Å². The Hall–Kier alpha value is -0.260. The van der Waals surface area contributed by atoms with E-state index in [0.29, 0.717) is 10.0 Å². The van der Waals surface area contributed by atoms with Gasteiger partial charge in [0.05, 0.1) is 32.6 Å². The molecule has 0 atom stereocenters. The maximum Gasteiger partial charge on any atom is 0.129 e. The van der Waals surface area contributed by atoms with Gasteiger partial charge in [-0.3, -0.25) is 4.57 Å². The predicted octanol–water partition coefficient (Wildman–Crippen LogP) is 6.60. The standard InChI is InChI=1S/C14H7Br2Cl3N2/c15-7-1-2-8(16)12(3-7)21-13-5-10(19)9(18)4-11(13)20-14(21)6-17/h1-5H,6H2. The fourth-order valence-electron chi connectivity index (χ4n) is 2.14. The van der Waals surface area contributed by atoms with Crippen LogP contribution in [0.15, 0.2) is 39.3 Å². The van der Waals surface area contributed by atoms with E-state index in [9.17, 15) is 0 Å². The van der Waals surface area contributed by atoms with E-state index in [-0.39, 0.29) is 5.88 Å². The number of nitrogens with zero attached hydrogens (tertiary/aromatic N) is 2. The van der Waals surface area contributed by atoms with Crippen LogP contribution >= 0.6 is 66.7 Å². The van der Waals surface area contributed by atoms with Crippen molar-refractivity contribution >= 4 is 77.7 Å². The van der Waals surface area contributed by atoms with E-state index in [1.807, 2.05) is 22.8 Å². The van der Waals surface area contributed by atoms with Gasteiger partial charge < -0.3 is 0 Å². The van der Waals surface area contributed by atoms with Crippen LogP contribution in [0.3, 0.4) is 0 Å². The molecule has 21 heavy (non-hydrogen) atoms. The van der Waals surface area contributed by atoms with Crippen molar-refractivity contribution in [2.45, 2.75) is 5.88 Å². The molecular formula is C14H7Br2Cl3N2. The molecule has 1 heterocycles. The first-order valence-corrected chi connectivity index (χ1v) is 8.76. The number of hydrogen-bond donors (Lipinski definition) is 0. The highest BCUT2D eigenvalue weighted by Gasteiger charge is 2.16. The number of rotatable bonds is 2. The summed E-state index contributed by atoms with van der Waals surface area (Å²) < 4.78 is 3.87. The first-order valence-electron chi connectivity index (χ1n) is 5.89. The Morgan fingerprint density at radius 2 is 1.76 bits per heavy atom. The first-order chi connectivity index (χ1) is 10.0. The second-order valence-corrected chi connectivity index (χ2v) is 7.20. The normalized spacial score (nSPS) is 11.3. The molecule has 1 aromatic heterocycles. The Kier molecular flexibility index (Phi) is 4.53. The summed E-state index contributed by atoms with van der Waals surface area (Å²) in [5.74, 6) is 1.01. The largest absolute Gasteiger partial charge is 0.294 e. The minimum Gasteiger partial charge on any atom is -0.294 e. The molecule has 108 valence electrons. The molecule has 0 radical (unpaired) electrons. The molecule has 3 rings (SSSR count). The molecule has 3 aromatic rings. The average molecular weight is 469 g/mol. The number of hydrogen-bond acceptors (Lipinski definition) is 1. The highest BCUT2D eigenvalue weighted by Crippen LogP contribution is 2.33. The third-order valence-electron chi connectivity index (χ3n) is 3.03. The highest BCUT2D eigenvalue weighted by atomic mass is 79.9. The second-order valence-electron chi connectivity index (χ2n) is 4.35. The van der Waals surface area contributed by atoms with E-state index in [2.05, 4.69) is 36.8 Å². The maximum atomic E-state index is 6.14. The summed E-state index contributed by atoms with van der Waals surface area (Å²) in [5, 5.41) is 0.959. The van der Waals surface area contributed by atoms with Crippen molar-refractivity contribution in [1.29, 1.82) is 0 Å². The number of benzene rings is 2. The molecule has 0 saturated heterocycles. The number of halogens is 5. The van der Waals surface area contributed by atoms with Crippen LogP contribution in [0.25, 0.3) is 16.7 Å². The molecule has 2 aromatic carbocycles. The summed E-state index contributed by atoms with van der Waals surface area (Å²) >= 11 is 25.3. The number of imidazole rings is 1. The zero-order valence-corrected chi connectivity index (χ0v) is 15.8. The SMILES string of the molecule is ClCc1nc2cc(Cl)c(Cl)cc2n1-c1cc(Br)ccc1Br. The lowest BCUT2D eigenvalue weighted by Gasteiger charge is -2.11. The monoisotopic (exact) mass is 466 g/mol. The van der Waals surface area contributed by atoms with Crippen LogP contribution in [0.4, 0.5) is 0 Å². The second kappa shape index (κ2) is 6.09. The smallest absolute Gasteiger partial charge is 0.129 e. The molecule has 0 fully saturated rings. The topological polar surface area (TPSA) is 17.8 Å². The van der Waals surface area contributed by atoms with E-state index in [0.717, 1.165) is 31.5 Å². The van der Waals surface area contributed by atoms with E-state index >= 15 is 0 Å². The van der Waals surface area contributed by atoms with Gasteiger partial charge in [0, 0.05) is 8.95 Å². The van der Waals surface area contributed by atoms with Crippen LogP contribution in [0.2, 0.25) is 10.0 Å². The summed E-state index contributed by atoms with van der Waals surface area (Å²) in [4.78, 5) is 4.53. The summed E-state index contributed by atoms with van der Waals surface area (Å²) in [5.41, 5.74) is 2.55. The minimum absolute atomic E-state index is 0.281. The molecule has 0 unspecified atom stereocenters. The minimum atomic E-state index is 0.281. The zero-order valence-electron chi connectivity index (χ0n) is 10.4. The Morgan fingerprint density at radius 3 is 2.48 bits per heavy atom. The summed E-state index contributed by atoms with van der Waals surface area (Å²) in [6.07, 6.45) is 0. The molecule has 0 aliphatic rings. The van der Waals surface area contributed by atoms with E-state index in [1.165, 1.54) is 0 Å². The number of aromatic nitrogens is 2. The maximum absolute atomic E-state index is 6.14. The molecule has 0 N–H and O–H groups in total. The van der Waals surface area contributed by atoms with Crippen molar-refractivity contribution in [1.82, 2.24) is 9.55 Å². The van der Waals surface area contributed by atoms with Gasteiger partial charge in [-0.25, -0.2) is 4.98 Å². The Balaban J connectivity index is 2.40. The Labute approximate surface area is 153 Å². The first kappa shape index (κ1) is 15.6. The Bertz CT molecular complexity index is 846. The van der Waals surface area contributed by atoms with Gasteiger partial charge in [-0.2, -0.15) is 0 Å². The van der Waals surface area contributed by atoms with E-state index in [4.69, 9.17) is 34.8 Å². The van der Waals surface area contributed by atoms with Gasteiger partial charge in [0.25, 0.3) is 0 Å². The van der Waals surface area contributed by atoms with Gasteiger partial charge in [-0.1, -0.05) is 39.1 Å². The lowest BCUT2D eigenvalue weighted by atomic mass is 10.2. The van der Waals surface area contributed by atoms with Gasteiger partial charge >= 0.3 is 0 Å². The van der Waals surface area contributed by atoms with Gasteiger partial charge in [0.15, 0.2) is 0 Å². The summed E-state index contributed by atoms with van der Waals surface area (Å²) in [6.45, 7) is 0. The highest BCUT2D eigenvalue weighted by molar-refractivity contribution is 9.11. The number of fused-ring (bicyclic) bond motifs is 1. The summed E-state index contributed by atoms with van der Waals surface area (Å²) in [6, 6.07) is 9.45. The van der Waals surface area contributed by atoms with Crippen LogP contribution in [-0.2, 0) is 5.88 Å². The molecule has 0 aliphatic heterocycles. The predicted molar refractivity (Wildman–Crippen MR) is 96.0 cm³/mol. The van der Waals surface area contributed by atoms with Gasteiger partial charge in [-0.05, 0) is 46.3 Å². The molecule has 0 bridgehead atoms. The van der Waals surface area contributed by atoms with Crippen molar-refractivity contribution in [3.63, 3.8) is 0 Å². The van der Waals surface area contributed by atoms with Crippen molar-refractivity contribution in [2.24, 2.45) is 0 Å². The molecular weight excluding hydrogens is 462 g/mol. The lowest BCUT2D eigenvalue weighted by molar-refractivity contribution is 0.976. The lowest BCUT2D eigenvalue weighted by Crippen LogP contribution is -2.00. The third-order valence-corrected chi connectivity index (χ3v) is 5.16. The van der Waals surface area contributed by atoms with Gasteiger partial charge in [-0.15, -0.1) is 11.6 Å². The average Bonchev–Trinajstić information content (AvgIpc) is 2.79. The molecule has 0 aliphatic carbocycles. The molecule has 0 amide bonds. The zero-order chi connectivity index (χ0) is 15.1. The van der Waals surface area contributed by atoms with Crippen molar-refractivity contribution in [2.75, 3.05) is 0 Å². The van der Waals surface area contributed by atoms with Crippen molar-refractivity contribution in [3.8, 4) is 5.69 Å². The molecule has 7 heteroatoms. The van der Waals surface area contributed by atoms with Crippen LogP contribution in [0.1, 0.15) is 5.82 Å². The Morgan fingerprint density at radius 1 is 1.05 bits per heavy atom. The quantitative estimate of drug-likeness (QED) is 0.387. The summed E-state index contributed by atoms with van der Waals surface area (Å²) in [7, 11) is 0. The third kappa shape index (κ3) is 2.84. The molecule has 2 nitrogen and oxygen atoms in total. The van der Waals surface area contributed by atoms with E-state index in [1.54, 1.807) is 12.1 Å². The van der Waals surface area contributed by atoms with Crippen LogP contribution in [0.5, 0.6) is 0 Å². The number of alkyl halides is 1. The van der Waals surface area contributed by atoms with Gasteiger partial charge in [0.2, 0.25) is 0 Å². The molecule has 0 spiro atoms. The fraction of sp³-hybridized carbons (Fsp3) is 0.0714. The van der Waals surface area contributed by atoms with Crippen molar-refractivity contribution < 1.29 is 0 Å².